The van der Waals surface area contributed by atoms with Crippen LogP contribution in [0, 0.1) is 5.41 Å². The topological polar surface area (TPSA) is 35.9 Å². The van der Waals surface area contributed by atoms with Crippen LogP contribution in [0.5, 0.6) is 0 Å². The van der Waals surface area contributed by atoms with Crippen molar-refractivity contribution in [3.8, 4) is 0 Å². The maximum absolute atomic E-state index is 7.65. The summed E-state index contributed by atoms with van der Waals surface area (Å²) >= 11 is 0. The van der Waals surface area contributed by atoms with Crippen LogP contribution in [-0.2, 0) is 0 Å². The summed E-state index contributed by atoms with van der Waals surface area (Å²) in [5.41, 5.74) is 0. The molecule has 0 amide bonds. The van der Waals surface area contributed by atoms with E-state index in [0.717, 1.165) is 19.3 Å². The van der Waals surface area contributed by atoms with Crippen LogP contribution in [0.25, 0.3) is 0 Å². The van der Waals surface area contributed by atoms with Gasteiger partial charge in [-0.15, -0.1) is 0 Å². The number of rotatable bonds is 7. The van der Waals surface area contributed by atoms with Gasteiger partial charge in [-0.25, -0.2) is 0 Å². The molecule has 0 aromatic carbocycles. The van der Waals surface area contributed by atoms with Gasteiger partial charge in [0.15, 0.2) is 0 Å². The van der Waals surface area contributed by atoms with Gasteiger partial charge in [0.05, 0.1) is 5.84 Å². The third-order valence-electron chi connectivity index (χ3n) is 2.28. The van der Waals surface area contributed by atoms with E-state index >= 15 is 0 Å². The summed E-state index contributed by atoms with van der Waals surface area (Å²) in [6.45, 7) is 6.51. The van der Waals surface area contributed by atoms with Gasteiger partial charge in [0.2, 0.25) is 0 Å². The summed E-state index contributed by atoms with van der Waals surface area (Å²) < 4.78 is 0. The average Bonchev–Trinajstić information content (AvgIpc) is 2.12. The standard InChI is InChI=1S/C11H24N2/c1-4-7-9-10(6-3)13-11(12)8-5-2/h10H,4-9H2,1-3H3,(H2,12,13). The van der Waals surface area contributed by atoms with Gasteiger partial charge in [0.25, 0.3) is 0 Å². The molecule has 0 aromatic heterocycles. The fraction of sp³-hybridized carbons (Fsp3) is 0.909. The van der Waals surface area contributed by atoms with Crippen LogP contribution in [0.4, 0.5) is 0 Å². The lowest BCUT2D eigenvalue weighted by Gasteiger charge is -2.18. The van der Waals surface area contributed by atoms with Crippen molar-refractivity contribution in [3.05, 3.63) is 0 Å². The van der Waals surface area contributed by atoms with Crippen molar-refractivity contribution >= 4 is 5.84 Å². The molecular formula is C11H24N2. The minimum Gasteiger partial charge on any atom is -0.371 e. The first kappa shape index (κ1) is 12.5. The molecule has 0 aliphatic carbocycles. The smallest absolute Gasteiger partial charge is 0.0933 e. The molecule has 0 aliphatic heterocycles. The zero-order chi connectivity index (χ0) is 10.1. The maximum Gasteiger partial charge on any atom is 0.0933 e. The first-order chi connectivity index (χ1) is 6.24. The summed E-state index contributed by atoms with van der Waals surface area (Å²) in [5, 5.41) is 10.9. The number of hydrogen-bond acceptors (Lipinski definition) is 1. The molecule has 1 unspecified atom stereocenters. The third-order valence-corrected chi connectivity index (χ3v) is 2.28. The highest BCUT2D eigenvalue weighted by atomic mass is 15.0. The Bertz CT molecular complexity index is 132. The van der Waals surface area contributed by atoms with Crippen LogP contribution in [0.3, 0.4) is 0 Å². The third kappa shape index (κ3) is 6.62. The Balaban J connectivity index is 3.62. The van der Waals surface area contributed by atoms with Gasteiger partial charge >= 0.3 is 0 Å². The van der Waals surface area contributed by atoms with Crippen molar-refractivity contribution in [1.82, 2.24) is 5.32 Å². The molecule has 0 heterocycles. The van der Waals surface area contributed by atoms with Crippen molar-refractivity contribution in [2.24, 2.45) is 0 Å². The fourth-order valence-corrected chi connectivity index (χ4v) is 1.40. The number of amidine groups is 1. The molecule has 0 saturated heterocycles. The molecule has 2 N–H and O–H groups in total. The number of hydrogen-bond donors (Lipinski definition) is 2. The molecular weight excluding hydrogens is 160 g/mol. The van der Waals surface area contributed by atoms with E-state index < -0.39 is 0 Å². The van der Waals surface area contributed by atoms with Gasteiger partial charge in [-0.1, -0.05) is 33.6 Å². The molecule has 0 saturated carbocycles. The molecule has 2 heteroatoms. The first-order valence-corrected chi connectivity index (χ1v) is 5.58. The normalized spacial score (nSPS) is 12.5. The minimum absolute atomic E-state index is 0.527. The summed E-state index contributed by atoms with van der Waals surface area (Å²) in [6.07, 6.45) is 6.81. The second-order valence-corrected chi connectivity index (χ2v) is 3.62. The van der Waals surface area contributed by atoms with Crippen molar-refractivity contribution in [3.63, 3.8) is 0 Å². The fourth-order valence-electron chi connectivity index (χ4n) is 1.40. The second-order valence-electron chi connectivity index (χ2n) is 3.62. The van der Waals surface area contributed by atoms with Gasteiger partial charge in [0.1, 0.15) is 0 Å². The monoisotopic (exact) mass is 184 g/mol. The predicted octanol–water partition coefficient (Wildman–Crippen LogP) is 3.32. The molecule has 0 fully saturated rings. The van der Waals surface area contributed by atoms with Crippen LogP contribution >= 0.6 is 0 Å². The predicted molar refractivity (Wildman–Crippen MR) is 59.4 cm³/mol. The largest absolute Gasteiger partial charge is 0.371 e. The van der Waals surface area contributed by atoms with E-state index in [1.807, 2.05) is 0 Å². The summed E-state index contributed by atoms with van der Waals surface area (Å²) in [5.74, 6) is 0.713. The molecule has 13 heavy (non-hydrogen) atoms. The van der Waals surface area contributed by atoms with Crippen LogP contribution in [-0.4, -0.2) is 11.9 Å². The SMILES string of the molecule is CCCCC(CC)NC(=N)CCC. The van der Waals surface area contributed by atoms with E-state index in [9.17, 15) is 0 Å². The Morgan fingerprint density at radius 3 is 2.38 bits per heavy atom. The first-order valence-electron chi connectivity index (χ1n) is 5.58. The lowest BCUT2D eigenvalue weighted by atomic mass is 10.1. The lowest BCUT2D eigenvalue weighted by molar-refractivity contribution is 0.514. The van der Waals surface area contributed by atoms with Crippen molar-refractivity contribution in [2.45, 2.75) is 65.3 Å². The maximum atomic E-state index is 7.65. The van der Waals surface area contributed by atoms with E-state index in [1.54, 1.807) is 0 Å². The van der Waals surface area contributed by atoms with E-state index in [0.29, 0.717) is 11.9 Å². The van der Waals surface area contributed by atoms with E-state index in [-0.39, 0.29) is 0 Å². The molecule has 0 aliphatic rings. The van der Waals surface area contributed by atoms with Crippen LogP contribution in [0.1, 0.15) is 59.3 Å². The molecule has 2 nitrogen and oxygen atoms in total. The summed E-state index contributed by atoms with van der Waals surface area (Å²) in [6, 6.07) is 0.527. The average molecular weight is 184 g/mol. The zero-order valence-corrected chi connectivity index (χ0v) is 9.32. The highest BCUT2D eigenvalue weighted by molar-refractivity contribution is 5.79. The highest BCUT2D eigenvalue weighted by Crippen LogP contribution is 2.04. The molecule has 78 valence electrons. The molecule has 1 atom stereocenters. The lowest BCUT2D eigenvalue weighted by Crippen LogP contribution is -2.33. The zero-order valence-electron chi connectivity index (χ0n) is 9.32. The van der Waals surface area contributed by atoms with Crippen LogP contribution in [0.15, 0.2) is 0 Å². The highest BCUT2D eigenvalue weighted by Gasteiger charge is 2.05. The van der Waals surface area contributed by atoms with Gasteiger partial charge in [-0.3, -0.25) is 5.41 Å². The van der Waals surface area contributed by atoms with Crippen LogP contribution < -0.4 is 5.32 Å². The Morgan fingerprint density at radius 1 is 1.23 bits per heavy atom. The Hall–Kier alpha value is -0.530. The molecule has 0 bridgehead atoms. The van der Waals surface area contributed by atoms with Gasteiger partial charge in [-0.05, 0) is 19.3 Å². The van der Waals surface area contributed by atoms with E-state index in [2.05, 4.69) is 26.1 Å². The molecule has 0 rings (SSSR count). The molecule has 0 aromatic rings. The quantitative estimate of drug-likeness (QED) is 0.462. The summed E-state index contributed by atoms with van der Waals surface area (Å²) in [4.78, 5) is 0. The van der Waals surface area contributed by atoms with Crippen molar-refractivity contribution < 1.29 is 0 Å². The molecule has 0 radical (unpaired) electrons. The molecule has 0 spiro atoms. The van der Waals surface area contributed by atoms with Gasteiger partial charge in [-0.2, -0.15) is 0 Å². The Morgan fingerprint density at radius 2 is 1.92 bits per heavy atom. The van der Waals surface area contributed by atoms with Crippen molar-refractivity contribution in [1.29, 1.82) is 5.41 Å². The second kappa shape index (κ2) is 8.09. The Kier molecular flexibility index (Phi) is 7.76. The van der Waals surface area contributed by atoms with Gasteiger partial charge < -0.3 is 5.32 Å². The Labute approximate surface area is 82.6 Å². The summed E-state index contributed by atoms with van der Waals surface area (Å²) in [7, 11) is 0. The van der Waals surface area contributed by atoms with E-state index in [1.165, 1.54) is 19.3 Å². The van der Waals surface area contributed by atoms with Crippen molar-refractivity contribution in [2.75, 3.05) is 0 Å². The number of nitrogens with one attached hydrogen (secondary N) is 2. The minimum atomic E-state index is 0.527. The van der Waals surface area contributed by atoms with E-state index in [4.69, 9.17) is 5.41 Å². The van der Waals surface area contributed by atoms with Crippen LogP contribution in [0.2, 0.25) is 0 Å². The van der Waals surface area contributed by atoms with Gasteiger partial charge in [0, 0.05) is 12.5 Å². The number of unbranched alkanes of at least 4 members (excludes halogenated alkanes) is 1.